The van der Waals surface area contributed by atoms with Crippen molar-refractivity contribution >= 4 is 131 Å². The van der Waals surface area contributed by atoms with Crippen LogP contribution in [0.5, 0.6) is 0 Å². The fourth-order valence-corrected chi connectivity index (χ4v) is 13.7. The predicted octanol–water partition coefficient (Wildman–Crippen LogP) is 19.3. The summed E-state index contributed by atoms with van der Waals surface area (Å²) in [5.41, 5.74) is 19.1. The van der Waals surface area contributed by atoms with Gasteiger partial charge in [-0.1, -0.05) is 133 Å². The predicted molar refractivity (Wildman–Crippen MR) is 333 cm³/mol. The van der Waals surface area contributed by atoms with E-state index in [9.17, 15) is 10.5 Å². The van der Waals surface area contributed by atoms with Gasteiger partial charge in [0, 0.05) is 70.3 Å². The number of nitrogens with zero attached hydrogens (tertiary/aromatic N) is 6. The van der Waals surface area contributed by atoms with Crippen molar-refractivity contribution in [3.63, 3.8) is 0 Å². The zero-order chi connectivity index (χ0) is 53.9. The molecule has 18 rings (SSSR count). The van der Waals surface area contributed by atoms with Crippen molar-refractivity contribution in [2.24, 2.45) is 0 Å². The minimum absolute atomic E-state index is 0.628. The maximum Gasteiger partial charge on any atom is 0.159 e. The van der Waals surface area contributed by atoms with Crippen LogP contribution < -0.4 is 0 Å². The molecular weight excluding hydrogens is 1000 g/mol. The van der Waals surface area contributed by atoms with Crippen LogP contribution in [-0.2, 0) is 0 Å². The Bertz CT molecular complexity index is 5940. The van der Waals surface area contributed by atoms with Gasteiger partial charge in [0.1, 0.15) is 5.58 Å². The van der Waals surface area contributed by atoms with E-state index >= 15 is 0 Å². The van der Waals surface area contributed by atoms with Crippen LogP contribution in [0.4, 0.5) is 0 Å². The molecule has 6 aromatic heterocycles. The van der Waals surface area contributed by atoms with Crippen LogP contribution in [0.25, 0.3) is 165 Å². The van der Waals surface area contributed by atoms with Gasteiger partial charge in [0.05, 0.1) is 84.5 Å². The van der Waals surface area contributed by atoms with Gasteiger partial charge in [0.25, 0.3) is 0 Å². The van der Waals surface area contributed by atoms with Crippen LogP contribution in [0, 0.1) is 22.7 Å². The molecular formula is C74H40N6O2. The number of para-hydroxylation sites is 7. The molecule has 0 saturated heterocycles. The van der Waals surface area contributed by atoms with Crippen molar-refractivity contribution in [1.82, 2.24) is 18.3 Å². The van der Waals surface area contributed by atoms with Crippen LogP contribution in [-0.4, -0.2) is 18.3 Å². The van der Waals surface area contributed by atoms with Gasteiger partial charge >= 0.3 is 0 Å². The average Bonchev–Trinajstić information content (AvgIpc) is 4.27. The summed E-state index contributed by atoms with van der Waals surface area (Å²) in [4.78, 5) is 0. The largest absolute Gasteiger partial charge is 0.454 e. The molecule has 0 aliphatic carbocycles. The minimum atomic E-state index is 0.628. The van der Waals surface area contributed by atoms with E-state index in [2.05, 4.69) is 231 Å². The van der Waals surface area contributed by atoms with Gasteiger partial charge < -0.3 is 27.1 Å². The number of nitriles is 2. The SMILES string of the molecule is N#Cc1ccc2c(c1)c1ccccc1n2-c1cccc2c1oc1ccc(-n3c4ccccc4c4ccc(-c5ccc6c7ccccc7n(-c7cccc8c7oc7c(-n9c%10ccccc%10c%10cc(C#N)ccc%109)cccc78)c6c5)cc43)cc12. The Balaban J connectivity index is 0.802. The first-order chi connectivity index (χ1) is 40.6. The van der Waals surface area contributed by atoms with Gasteiger partial charge in [-0.2, -0.15) is 10.5 Å². The summed E-state index contributed by atoms with van der Waals surface area (Å²) in [7, 11) is 0. The van der Waals surface area contributed by atoms with Crippen LogP contribution >= 0.6 is 0 Å². The maximum atomic E-state index is 9.87. The van der Waals surface area contributed by atoms with Gasteiger partial charge in [-0.05, 0) is 120 Å². The second kappa shape index (κ2) is 16.5. The maximum absolute atomic E-state index is 9.87. The number of hydrogen-bond donors (Lipinski definition) is 0. The Morgan fingerprint density at radius 1 is 0.256 bits per heavy atom. The summed E-state index contributed by atoms with van der Waals surface area (Å²) < 4.78 is 23.4. The van der Waals surface area contributed by atoms with E-state index in [1.54, 1.807) is 0 Å². The molecule has 0 atom stereocenters. The molecule has 0 saturated carbocycles. The van der Waals surface area contributed by atoms with E-state index < -0.39 is 0 Å². The monoisotopic (exact) mass is 1040 g/mol. The molecule has 0 amide bonds. The highest BCUT2D eigenvalue weighted by atomic mass is 16.3. The number of hydrogen-bond acceptors (Lipinski definition) is 4. The highest BCUT2D eigenvalue weighted by molar-refractivity contribution is 6.18. The van der Waals surface area contributed by atoms with Crippen molar-refractivity contribution in [3.8, 4) is 46.0 Å². The zero-order valence-electron chi connectivity index (χ0n) is 43.6. The standard InChI is InChI=1S/C74H40N6O2/c75-41-43-26-33-64-57(36-43)50-14-3-7-21-62(50)78(64)66-23-11-18-56-59-40-47(30-35-71(59)81-72(56)66)77-60-19-5-1-12-48(60)52-31-28-45(38-69(52)77)46-29-32-53-49-13-2-6-20-61(49)80(70(53)39-46)68-25-10-17-55-54-16-9-24-67(73(54)82-74(55)68)79-63-22-8-4-15-51(63)58-37-44(42-76)27-34-65(58)79/h1-40H. The lowest BCUT2D eigenvalue weighted by molar-refractivity contribution is 0.664. The number of rotatable bonds is 5. The second-order valence-electron chi connectivity index (χ2n) is 21.4. The summed E-state index contributed by atoms with van der Waals surface area (Å²) >= 11 is 0. The Morgan fingerprint density at radius 2 is 0.634 bits per heavy atom. The summed E-state index contributed by atoms with van der Waals surface area (Å²) in [6.07, 6.45) is 0. The van der Waals surface area contributed by atoms with Crippen molar-refractivity contribution < 1.29 is 8.83 Å². The summed E-state index contributed by atoms with van der Waals surface area (Å²) in [6, 6.07) is 90.2. The second-order valence-corrected chi connectivity index (χ2v) is 21.4. The van der Waals surface area contributed by atoms with Crippen molar-refractivity contribution in [2.45, 2.75) is 0 Å². The molecule has 0 radical (unpaired) electrons. The van der Waals surface area contributed by atoms with Gasteiger partial charge in [-0.3, -0.25) is 0 Å². The topological polar surface area (TPSA) is 93.6 Å². The van der Waals surface area contributed by atoms with Gasteiger partial charge in [0.15, 0.2) is 16.7 Å². The third kappa shape index (κ3) is 6.01. The molecule has 8 nitrogen and oxygen atoms in total. The van der Waals surface area contributed by atoms with Crippen LogP contribution in [0.2, 0.25) is 0 Å². The van der Waals surface area contributed by atoms with Crippen molar-refractivity contribution in [2.75, 3.05) is 0 Å². The quantitative estimate of drug-likeness (QED) is 0.172. The van der Waals surface area contributed by atoms with Crippen molar-refractivity contribution in [3.05, 3.63) is 254 Å². The molecule has 18 aromatic rings. The third-order valence-electron chi connectivity index (χ3n) is 17.2. The van der Waals surface area contributed by atoms with Crippen LogP contribution in [0.15, 0.2) is 251 Å². The fraction of sp³-hybridized carbons (Fsp3) is 0. The van der Waals surface area contributed by atoms with Gasteiger partial charge in [0.2, 0.25) is 0 Å². The first-order valence-electron chi connectivity index (χ1n) is 27.4. The molecule has 0 aliphatic heterocycles. The van der Waals surface area contributed by atoms with Crippen molar-refractivity contribution in [1.29, 1.82) is 10.5 Å². The summed E-state index contributed by atoms with van der Waals surface area (Å²) in [5.74, 6) is 0. The van der Waals surface area contributed by atoms with E-state index in [0.29, 0.717) is 11.1 Å². The molecule has 0 unspecified atom stereocenters. The minimum Gasteiger partial charge on any atom is -0.454 e. The van der Waals surface area contributed by atoms with Gasteiger partial charge in [-0.15, -0.1) is 0 Å². The Kier molecular flexibility index (Phi) is 8.93. The third-order valence-corrected chi connectivity index (χ3v) is 17.2. The van der Waals surface area contributed by atoms with Crippen LogP contribution in [0.3, 0.4) is 0 Å². The number of aromatic nitrogens is 4. The first kappa shape index (κ1) is 44.4. The molecule has 8 heteroatoms. The molecule has 0 fully saturated rings. The molecule has 378 valence electrons. The highest BCUT2D eigenvalue weighted by Crippen LogP contribution is 2.45. The Hall–Kier alpha value is -11.6. The molecule has 0 aliphatic rings. The molecule has 0 bridgehead atoms. The Morgan fingerprint density at radius 3 is 1.12 bits per heavy atom. The number of furan rings is 2. The zero-order valence-corrected chi connectivity index (χ0v) is 43.6. The number of benzene rings is 12. The summed E-state index contributed by atoms with van der Waals surface area (Å²) in [6.45, 7) is 0. The van der Waals surface area contributed by atoms with E-state index in [1.165, 1.54) is 10.8 Å². The molecule has 0 N–H and O–H groups in total. The normalized spacial score (nSPS) is 12.1. The highest BCUT2D eigenvalue weighted by Gasteiger charge is 2.24. The van der Waals surface area contributed by atoms with E-state index in [0.717, 1.165) is 154 Å². The van der Waals surface area contributed by atoms with E-state index in [-0.39, 0.29) is 0 Å². The number of fused-ring (bicyclic) bond motifs is 18. The molecule has 82 heavy (non-hydrogen) atoms. The Labute approximate surface area is 466 Å². The lowest BCUT2D eigenvalue weighted by atomic mass is 10.0. The van der Waals surface area contributed by atoms with E-state index in [4.69, 9.17) is 8.83 Å². The lowest BCUT2D eigenvalue weighted by Gasteiger charge is -2.11. The summed E-state index contributed by atoms with van der Waals surface area (Å²) in [5, 5.41) is 32.7. The fourth-order valence-electron chi connectivity index (χ4n) is 13.7. The average molecular weight is 1050 g/mol. The molecule has 12 aromatic carbocycles. The smallest absolute Gasteiger partial charge is 0.159 e. The van der Waals surface area contributed by atoms with E-state index in [1.807, 2.05) is 42.5 Å². The molecule has 0 spiro atoms. The van der Waals surface area contributed by atoms with Gasteiger partial charge in [-0.25, -0.2) is 0 Å². The lowest BCUT2D eigenvalue weighted by Crippen LogP contribution is -1.95. The van der Waals surface area contributed by atoms with Crippen LogP contribution in [0.1, 0.15) is 11.1 Å². The first-order valence-corrected chi connectivity index (χ1v) is 27.4. The molecule has 6 heterocycles.